The maximum Gasteiger partial charge on any atom is 0.230 e. The zero-order chi connectivity index (χ0) is 12.6. The van der Waals surface area contributed by atoms with E-state index >= 15 is 0 Å². The standard InChI is InChI=1S/C14H19NO2/c1-9-8-17-12-10(14(2,3)4)6-5-7-11(12)15-13(9)16/h5-7,9H,8H2,1-4H3,(H,15,16). The molecule has 3 heteroatoms. The Kier molecular flexibility index (Phi) is 2.86. The second-order valence-corrected chi connectivity index (χ2v) is 5.63. The average molecular weight is 233 g/mol. The Hall–Kier alpha value is -1.51. The summed E-state index contributed by atoms with van der Waals surface area (Å²) in [7, 11) is 0. The Balaban J connectivity index is 2.49. The van der Waals surface area contributed by atoms with Crippen molar-refractivity contribution in [1.29, 1.82) is 0 Å². The van der Waals surface area contributed by atoms with Crippen LogP contribution < -0.4 is 10.1 Å². The summed E-state index contributed by atoms with van der Waals surface area (Å²) in [6.45, 7) is 8.73. The van der Waals surface area contributed by atoms with Crippen LogP contribution in [-0.2, 0) is 10.2 Å². The van der Waals surface area contributed by atoms with Gasteiger partial charge in [-0.3, -0.25) is 4.79 Å². The van der Waals surface area contributed by atoms with Crippen molar-refractivity contribution in [3.05, 3.63) is 23.8 Å². The molecule has 3 nitrogen and oxygen atoms in total. The lowest BCUT2D eigenvalue weighted by Gasteiger charge is -2.23. The highest BCUT2D eigenvalue weighted by atomic mass is 16.5. The fourth-order valence-electron chi connectivity index (χ4n) is 1.92. The van der Waals surface area contributed by atoms with Gasteiger partial charge < -0.3 is 10.1 Å². The van der Waals surface area contributed by atoms with Gasteiger partial charge >= 0.3 is 0 Å². The molecule has 1 heterocycles. The van der Waals surface area contributed by atoms with E-state index in [1.165, 1.54) is 0 Å². The van der Waals surface area contributed by atoms with Crippen molar-refractivity contribution in [3.8, 4) is 5.75 Å². The highest BCUT2D eigenvalue weighted by Gasteiger charge is 2.26. The summed E-state index contributed by atoms with van der Waals surface area (Å²) < 4.78 is 5.81. The number of ether oxygens (including phenoxy) is 1. The molecule has 1 N–H and O–H groups in total. The fourth-order valence-corrected chi connectivity index (χ4v) is 1.92. The van der Waals surface area contributed by atoms with E-state index in [0.717, 1.165) is 17.0 Å². The molecule has 0 saturated carbocycles. The second kappa shape index (κ2) is 4.06. The number of para-hydroxylation sites is 1. The lowest BCUT2D eigenvalue weighted by molar-refractivity contribution is -0.119. The van der Waals surface area contributed by atoms with Crippen LogP contribution in [0.4, 0.5) is 5.69 Å². The van der Waals surface area contributed by atoms with Gasteiger partial charge in [-0.2, -0.15) is 0 Å². The number of hydrogen-bond acceptors (Lipinski definition) is 2. The number of carbonyl (C=O) groups excluding carboxylic acids is 1. The van der Waals surface area contributed by atoms with Crippen LogP contribution in [0.25, 0.3) is 0 Å². The first-order valence-electron chi connectivity index (χ1n) is 5.97. The first-order valence-corrected chi connectivity index (χ1v) is 5.97. The normalized spacial score (nSPS) is 20.0. The van der Waals surface area contributed by atoms with E-state index in [2.05, 4.69) is 32.2 Å². The molecule has 0 spiro atoms. The number of benzene rings is 1. The predicted molar refractivity (Wildman–Crippen MR) is 68.4 cm³/mol. The van der Waals surface area contributed by atoms with Crippen molar-refractivity contribution in [3.63, 3.8) is 0 Å². The minimum absolute atomic E-state index is 0.00362. The lowest BCUT2D eigenvalue weighted by atomic mass is 9.86. The van der Waals surface area contributed by atoms with Crippen LogP contribution in [0, 0.1) is 5.92 Å². The Bertz CT molecular complexity index is 446. The molecule has 1 aliphatic heterocycles. The number of carbonyl (C=O) groups is 1. The molecule has 0 saturated heterocycles. The van der Waals surface area contributed by atoms with E-state index < -0.39 is 0 Å². The van der Waals surface area contributed by atoms with Crippen molar-refractivity contribution < 1.29 is 9.53 Å². The molecule has 0 aliphatic carbocycles. The minimum Gasteiger partial charge on any atom is -0.490 e. The molecule has 0 bridgehead atoms. The molecule has 0 radical (unpaired) electrons. The van der Waals surface area contributed by atoms with Crippen LogP contribution >= 0.6 is 0 Å². The van der Waals surface area contributed by atoms with Crippen LogP contribution in [0.3, 0.4) is 0 Å². The van der Waals surface area contributed by atoms with E-state index in [-0.39, 0.29) is 17.2 Å². The molecule has 1 aliphatic rings. The molecule has 1 unspecified atom stereocenters. The molecule has 0 aromatic heterocycles. The zero-order valence-electron chi connectivity index (χ0n) is 10.8. The van der Waals surface area contributed by atoms with E-state index in [9.17, 15) is 4.79 Å². The second-order valence-electron chi connectivity index (χ2n) is 5.63. The molecule has 92 valence electrons. The van der Waals surface area contributed by atoms with Gasteiger partial charge in [-0.25, -0.2) is 0 Å². The summed E-state index contributed by atoms with van der Waals surface area (Å²) in [5.74, 6) is 0.725. The highest BCUT2D eigenvalue weighted by molar-refractivity contribution is 5.94. The summed E-state index contributed by atoms with van der Waals surface area (Å²) in [6, 6.07) is 5.90. The van der Waals surface area contributed by atoms with Gasteiger partial charge in [-0.1, -0.05) is 39.8 Å². The van der Waals surface area contributed by atoms with Crippen molar-refractivity contribution in [2.75, 3.05) is 11.9 Å². The lowest BCUT2D eigenvalue weighted by Crippen LogP contribution is -2.22. The van der Waals surface area contributed by atoms with E-state index in [1.807, 2.05) is 19.1 Å². The molecule has 17 heavy (non-hydrogen) atoms. The van der Waals surface area contributed by atoms with Crippen molar-refractivity contribution in [1.82, 2.24) is 0 Å². The van der Waals surface area contributed by atoms with Crippen LogP contribution in [0.1, 0.15) is 33.3 Å². The Morgan fingerprint density at radius 1 is 1.35 bits per heavy atom. The maximum atomic E-state index is 11.7. The Labute approximate surface area is 102 Å². The van der Waals surface area contributed by atoms with E-state index in [0.29, 0.717) is 6.61 Å². The van der Waals surface area contributed by atoms with Gasteiger partial charge in [0.1, 0.15) is 5.75 Å². The predicted octanol–water partition coefficient (Wildman–Crippen LogP) is 2.95. The third-order valence-electron chi connectivity index (χ3n) is 3.01. The molecule has 1 aromatic carbocycles. The van der Waals surface area contributed by atoms with Gasteiger partial charge in [0.25, 0.3) is 0 Å². The van der Waals surface area contributed by atoms with E-state index in [1.54, 1.807) is 0 Å². The summed E-state index contributed by atoms with van der Waals surface area (Å²) in [4.78, 5) is 11.7. The minimum atomic E-state index is -0.116. The van der Waals surface area contributed by atoms with E-state index in [4.69, 9.17) is 4.74 Å². The molecule has 1 atom stereocenters. The fraction of sp³-hybridized carbons (Fsp3) is 0.500. The highest BCUT2D eigenvalue weighted by Crippen LogP contribution is 2.38. The van der Waals surface area contributed by atoms with Gasteiger partial charge in [0.05, 0.1) is 18.2 Å². The van der Waals surface area contributed by atoms with Gasteiger partial charge in [0, 0.05) is 5.56 Å². The summed E-state index contributed by atoms with van der Waals surface area (Å²) in [5, 5.41) is 2.92. The molecule has 1 amide bonds. The maximum absolute atomic E-state index is 11.7. The van der Waals surface area contributed by atoms with Gasteiger partial charge in [0.15, 0.2) is 0 Å². The third-order valence-corrected chi connectivity index (χ3v) is 3.01. The first-order chi connectivity index (χ1) is 7.89. The Morgan fingerprint density at radius 3 is 2.71 bits per heavy atom. The quantitative estimate of drug-likeness (QED) is 0.748. The summed E-state index contributed by atoms with van der Waals surface area (Å²) in [5.41, 5.74) is 1.92. The molecular formula is C14H19NO2. The van der Waals surface area contributed by atoms with Crippen LogP contribution in [-0.4, -0.2) is 12.5 Å². The number of amides is 1. The smallest absolute Gasteiger partial charge is 0.230 e. The van der Waals surface area contributed by atoms with Gasteiger partial charge in [-0.05, 0) is 11.5 Å². The number of hydrogen-bond donors (Lipinski definition) is 1. The number of rotatable bonds is 0. The first kappa shape index (κ1) is 12.0. The summed E-state index contributed by atoms with van der Waals surface area (Å²) in [6.07, 6.45) is 0. The molecule has 1 aromatic rings. The Morgan fingerprint density at radius 2 is 2.06 bits per heavy atom. The SMILES string of the molecule is CC1COc2c(cccc2C(C)(C)C)NC1=O. The largest absolute Gasteiger partial charge is 0.490 e. The topological polar surface area (TPSA) is 38.3 Å². The monoisotopic (exact) mass is 233 g/mol. The van der Waals surface area contributed by atoms with Crippen LogP contribution in [0.5, 0.6) is 5.75 Å². The zero-order valence-corrected chi connectivity index (χ0v) is 10.8. The summed E-state index contributed by atoms with van der Waals surface area (Å²) >= 11 is 0. The third kappa shape index (κ3) is 2.28. The van der Waals surface area contributed by atoms with Crippen molar-refractivity contribution in [2.45, 2.75) is 33.1 Å². The number of fused-ring (bicyclic) bond motifs is 1. The number of nitrogens with one attached hydrogen (secondary N) is 1. The van der Waals surface area contributed by atoms with Crippen LogP contribution in [0.15, 0.2) is 18.2 Å². The van der Waals surface area contributed by atoms with Crippen LogP contribution in [0.2, 0.25) is 0 Å². The molecule has 0 fully saturated rings. The average Bonchev–Trinajstić information content (AvgIpc) is 2.37. The molecular weight excluding hydrogens is 214 g/mol. The van der Waals surface area contributed by atoms with Crippen molar-refractivity contribution >= 4 is 11.6 Å². The number of anilines is 1. The van der Waals surface area contributed by atoms with Gasteiger partial charge in [0.2, 0.25) is 5.91 Å². The molecule has 2 rings (SSSR count). The van der Waals surface area contributed by atoms with Gasteiger partial charge in [-0.15, -0.1) is 0 Å². The van der Waals surface area contributed by atoms with Crippen molar-refractivity contribution in [2.24, 2.45) is 5.92 Å².